The van der Waals surface area contributed by atoms with Crippen LogP contribution in [0.4, 0.5) is 0 Å². The quantitative estimate of drug-likeness (QED) is 0.530. The molecule has 0 saturated carbocycles. The van der Waals surface area contributed by atoms with Crippen molar-refractivity contribution in [3.63, 3.8) is 0 Å². The van der Waals surface area contributed by atoms with Crippen LogP contribution in [0.3, 0.4) is 0 Å². The molecule has 0 spiro atoms. The fourth-order valence-electron chi connectivity index (χ4n) is 1.55. The van der Waals surface area contributed by atoms with E-state index in [0.29, 0.717) is 0 Å². The van der Waals surface area contributed by atoms with E-state index in [0.717, 1.165) is 12.2 Å². The molecule has 0 aliphatic carbocycles. The monoisotopic (exact) mass is 240 g/mol. The van der Waals surface area contributed by atoms with Crippen LogP contribution in [-0.4, -0.2) is 5.75 Å². The second-order valence-electron chi connectivity index (χ2n) is 3.76. The Morgan fingerprint density at radius 1 is 0.824 bits per heavy atom. The molecule has 0 aromatic heterocycles. The Morgan fingerprint density at radius 3 is 2.18 bits per heavy atom. The molecule has 0 radical (unpaired) electrons. The van der Waals surface area contributed by atoms with Gasteiger partial charge in [0.25, 0.3) is 0 Å². The van der Waals surface area contributed by atoms with Crippen LogP contribution in [0.2, 0.25) is 0 Å². The molecule has 0 bridgehead atoms. The van der Waals surface area contributed by atoms with E-state index in [1.165, 1.54) is 10.5 Å². The molecular formula is C16H16S. The number of rotatable bonds is 5. The average Bonchev–Trinajstić information content (AvgIpc) is 2.41. The van der Waals surface area contributed by atoms with Crippen molar-refractivity contribution in [2.24, 2.45) is 0 Å². The maximum absolute atomic E-state index is 2.24. The maximum atomic E-state index is 2.24. The highest BCUT2D eigenvalue weighted by Gasteiger charge is 1.90. The van der Waals surface area contributed by atoms with Crippen molar-refractivity contribution in [3.8, 4) is 0 Å². The second kappa shape index (κ2) is 6.97. The van der Waals surface area contributed by atoms with Crippen LogP contribution in [0.25, 0.3) is 6.08 Å². The first kappa shape index (κ1) is 12.0. The zero-order valence-electron chi connectivity index (χ0n) is 9.75. The number of thioether (sulfide) groups is 1. The van der Waals surface area contributed by atoms with E-state index in [4.69, 9.17) is 0 Å². The third-order valence-corrected chi connectivity index (χ3v) is 3.45. The SMILES string of the molecule is C(=C\c1ccccc1)/CCSc1ccccc1. The first-order chi connectivity index (χ1) is 8.45. The molecule has 86 valence electrons. The summed E-state index contributed by atoms with van der Waals surface area (Å²) in [6.07, 6.45) is 5.53. The van der Waals surface area contributed by atoms with Crippen LogP contribution < -0.4 is 0 Å². The highest BCUT2D eigenvalue weighted by Crippen LogP contribution is 2.18. The molecule has 2 aromatic carbocycles. The Labute approximate surface area is 107 Å². The molecule has 0 atom stereocenters. The second-order valence-corrected chi connectivity index (χ2v) is 4.93. The molecule has 0 unspecified atom stereocenters. The van der Waals surface area contributed by atoms with Crippen LogP contribution in [0.5, 0.6) is 0 Å². The van der Waals surface area contributed by atoms with Gasteiger partial charge in [-0.15, -0.1) is 11.8 Å². The number of hydrogen-bond donors (Lipinski definition) is 0. The predicted molar refractivity (Wildman–Crippen MR) is 77.3 cm³/mol. The Kier molecular flexibility index (Phi) is 4.92. The topological polar surface area (TPSA) is 0 Å². The Hall–Kier alpha value is -1.47. The molecule has 2 rings (SSSR count). The molecule has 0 aliphatic rings. The van der Waals surface area contributed by atoms with Gasteiger partial charge in [-0.25, -0.2) is 0 Å². The smallest absolute Gasteiger partial charge is 0.00720 e. The van der Waals surface area contributed by atoms with Crippen LogP contribution in [0.15, 0.2) is 71.6 Å². The maximum Gasteiger partial charge on any atom is 0.00720 e. The summed E-state index contributed by atoms with van der Waals surface area (Å²) < 4.78 is 0. The van der Waals surface area contributed by atoms with Crippen molar-refractivity contribution in [1.82, 2.24) is 0 Å². The third kappa shape index (κ3) is 4.49. The molecule has 17 heavy (non-hydrogen) atoms. The highest BCUT2D eigenvalue weighted by atomic mass is 32.2. The van der Waals surface area contributed by atoms with Crippen molar-refractivity contribution >= 4 is 17.8 Å². The van der Waals surface area contributed by atoms with Crippen molar-refractivity contribution < 1.29 is 0 Å². The van der Waals surface area contributed by atoms with Crippen molar-refractivity contribution in [2.45, 2.75) is 11.3 Å². The lowest BCUT2D eigenvalue weighted by Gasteiger charge is -1.98. The van der Waals surface area contributed by atoms with Gasteiger partial charge in [-0.2, -0.15) is 0 Å². The lowest BCUT2D eigenvalue weighted by atomic mass is 10.2. The largest absolute Gasteiger partial charge is 0.126 e. The highest BCUT2D eigenvalue weighted by molar-refractivity contribution is 7.99. The van der Waals surface area contributed by atoms with Crippen molar-refractivity contribution in [1.29, 1.82) is 0 Å². The van der Waals surface area contributed by atoms with E-state index in [9.17, 15) is 0 Å². The molecule has 1 heteroatoms. The lowest BCUT2D eigenvalue weighted by molar-refractivity contribution is 1.25. The van der Waals surface area contributed by atoms with Crippen LogP contribution >= 0.6 is 11.8 Å². The first-order valence-electron chi connectivity index (χ1n) is 5.84. The van der Waals surface area contributed by atoms with E-state index in [-0.39, 0.29) is 0 Å². The zero-order valence-corrected chi connectivity index (χ0v) is 10.6. The Morgan fingerprint density at radius 2 is 1.47 bits per heavy atom. The summed E-state index contributed by atoms with van der Waals surface area (Å²) in [4.78, 5) is 1.35. The fourth-order valence-corrected chi connectivity index (χ4v) is 2.38. The molecule has 0 heterocycles. The predicted octanol–water partition coefficient (Wildman–Crippen LogP) is 4.88. The molecular weight excluding hydrogens is 224 g/mol. The van der Waals surface area contributed by atoms with Crippen LogP contribution in [0, 0.1) is 0 Å². The standard InChI is InChI=1S/C16H16S/c1-3-9-15(10-4-1)11-7-8-14-17-16-12-5-2-6-13-16/h1-7,9-13H,8,14H2/b11-7+. The van der Waals surface area contributed by atoms with Gasteiger partial charge in [0.15, 0.2) is 0 Å². The van der Waals surface area contributed by atoms with E-state index in [2.05, 4.69) is 66.7 Å². The minimum Gasteiger partial charge on any atom is -0.126 e. The molecule has 0 saturated heterocycles. The Bertz CT molecular complexity index is 445. The summed E-state index contributed by atoms with van der Waals surface area (Å²) in [6.45, 7) is 0. The van der Waals surface area contributed by atoms with Gasteiger partial charge in [0, 0.05) is 10.6 Å². The fraction of sp³-hybridized carbons (Fsp3) is 0.125. The van der Waals surface area contributed by atoms with Gasteiger partial charge in [0.1, 0.15) is 0 Å². The zero-order chi connectivity index (χ0) is 11.8. The van der Waals surface area contributed by atoms with E-state index >= 15 is 0 Å². The molecule has 0 amide bonds. The van der Waals surface area contributed by atoms with E-state index in [1.54, 1.807) is 0 Å². The van der Waals surface area contributed by atoms with E-state index in [1.807, 2.05) is 17.8 Å². The van der Waals surface area contributed by atoms with E-state index < -0.39 is 0 Å². The summed E-state index contributed by atoms with van der Waals surface area (Å²) in [5.41, 5.74) is 1.28. The van der Waals surface area contributed by atoms with Gasteiger partial charge < -0.3 is 0 Å². The molecule has 0 nitrogen and oxygen atoms in total. The Balaban J connectivity index is 1.72. The normalized spacial score (nSPS) is 10.8. The van der Waals surface area contributed by atoms with Gasteiger partial charge in [-0.3, -0.25) is 0 Å². The minimum absolute atomic E-state index is 1.11. The van der Waals surface area contributed by atoms with Gasteiger partial charge >= 0.3 is 0 Å². The molecule has 0 fully saturated rings. The number of allylic oxidation sites excluding steroid dienone is 1. The van der Waals surface area contributed by atoms with Crippen molar-refractivity contribution in [3.05, 3.63) is 72.3 Å². The summed E-state index contributed by atoms with van der Waals surface area (Å²) in [7, 11) is 0. The lowest BCUT2D eigenvalue weighted by Crippen LogP contribution is -1.76. The number of hydrogen-bond acceptors (Lipinski definition) is 1. The summed E-state index contributed by atoms with van der Waals surface area (Å²) in [5, 5.41) is 0. The van der Waals surface area contributed by atoms with Crippen LogP contribution in [-0.2, 0) is 0 Å². The summed E-state index contributed by atoms with van der Waals surface area (Å²) in [5.74, 6) is 1.13. The molecule has 2 aromatic rings. The third-order valence-electron chi connectivity index (χ3n) is 2.41. The van der Waals surface area contributed by atoms with Crippen molar-refractivity contribution in [2.75, 3.05) is 5.75 Å². The summed E-state index contributed by atoms with van der Waals surface area (Å²) in [6, 6.07) is 21.0. The molecule has 0 aliphatic heterocycles. The molecule has 0 N–H and O–H groups in total. The minimum atomic E-state index is 1.11. The summed E-state index contributed by atoms with van der Waals surface area (Å²) >= 11 is 1.90. The van der Waals surface area contributed by atoms with Gasteiger partial charge in [0.05, 0.1) is 0 Å². The van der Waals surface area contributed by atoms with Gasteiger partial charge in [-0.05, 0) is 24.1 Å². The number of benzene rings is 2. The average molecular weight is 240 g/mol. The van der Waals surface area contributed by atoms with Gasteiger partial charge in [0.2, 0.25) is 0 Å². The van der Waals surface area contributed by atoms with Crippen LogP contribution in [0.1, 0.15) is 12.0 Å². The first-order valence-corrected chi connectivity index (χ1v) is 6.83. The van der Waals surface area contributed by atoms with Gasteiger partial charge in [-0.1, -0.05) is 60.7 Å².